The van der Waals surface area contributed by atoms with Crippen molar-refractivity contribution in [2.24, 2.45) is 5.92 Å². The normalized spacial score (nSPS) is 16.4. The quantitative estimate of drug-likeness (QED) is 0.727. The fraction of sp³-hybridized carbons (Fsp3) is 0.524. The average Bonchev–Trinajstić information content (AvgIpc) is 3.17. The van der Waals surface area contributed by atoms with E-state index >= 15 is 0 Å². The van der Waals surface area contributed by atoms with Crippen LogP contribution in [0, 0.1) is 19.8 Å². The molecule has 6 nitrogen and oxygen atoms in total. The molecule has 1 aromatic carbocycles. The fourth-order valence-electron chi connectivity index (χ4n) is 3.72. The molecule has 0 radical (unpaired) electrons. The van der Waals surface area contributed by atoms with E-state index in [4.69, 9.17) is 9.15 Å². The molecule has 1 fully saturated rings. The van der Waals surface area contributed by atoms with Crippen molar-refractivity contribution >= 4 is 10.0 Å². The lowest BCUT2D eigenvalue weighted by atomic mass is 9.97. The predicted octanol–water partition coefficient (Wildman–Crippen LogP) is 3.49. The van der Waals surface area contributed by atoms with Crippen molar-refractivity contribution in [3.63, 3.8) is 0 Å². The Labute approximate surface area is 167 Å². The molecule has 1 saturated heterocycles. The van der Waals surface area contributed by atoms with Gasteiger partial charge in [0.15, 0.2) is 0 Å². The second-order valence-corrected chi connectivity index (χ2v) is 9.24. The number of benzene rings is 1. The molecule has 1 N–H and O–H groups in total. The van der Waals surface area contributed by atoms with Crippen LogP contribution in [0.4, 0.5) is 0 Å². The smallest absolute Gasteiger partial charge is 0.240 e. The van der Waals surface area contributed by atoms with Gasteiger partial charge in [0.1, 0.15) is 11.5 Å². The van der Waals surface area contributed by atoms with Gasteiger partial charge in [-0.1, -0.05) is 0 Å². The Morgan fingerprint density at radius 2 is 1.89 bits per heavy atom. The zero-order valence-corrected chi connectivity index (χ0v) is 17.7. The fourth-order valence-corrected chi connectivity index (χ4v) is 5.01. The number of piperidine rings is 1. The van der Waals surface area contributed by atoms with Crippen LogP contribution in [0.3, 0.4) is 0 Å². The third kappa shape index (κ3) is 5.16. The van der Waals surface area contributed by atoms with Crippen molar-refractivity contribution in [1.82, 2.24) is 9.62 Å². The molecule has 0 saturated carbocycles. The summed E-state index contributed by atoms with van der Waals surface area (Å²) in [4.78, 5) is 2.66. The van der Waals surface area contributed by atoms with Gasteiger partial charge in [0, 0.05) is 6.54 Å². The van der Waals surface area contributed by atoms with Gasteiger partial charge in [0.25, 0.3) is 0 Å². The van der Waals surface area contributed by atoms with Gasteiger partial charge in [-0.15, -0.1) is 0 Å². The number of nitrogens with zero attached hydrogens (tertiary/aromatic N) is 1. The zero-order valence-electron chi connectivity index (χ0n) is 16.9. The van der Waals surface area contributed by atoms with Crippen LogP contribution < -0.4 is 9.46 Å². The van der Waals surface area contributed by atoms with Crippen LogP contribution in [0.2, 0.25) is 0 Å². The number of furan rings is 1. The van der Waals surface area contributed by atoms with Crippen LogP contribution in [-0.2, 0) is 16.6 Å². The molecule has 1 aromatic heterocycles. The van der Waals surface area contributed by atoms with E-state index < -0.39 is 10.0 Å². The Kier molecular flexibility index (Phi) is 6.80. The monoisotopic (exact) mass is 406 g/mol. The van der Waals surface area contributed by atoms with Crippen LogP contribution >= 0.6 is 0 Å². The highest BCUT2D eigenvalue weighted by molar-refractivity contribution is 7.89. The molecule has 28 heavy (non-hydrogen) atoms. The van der Waals surface area contributed by atoms with Crippen LogP contribution in [0.15, 0.2) is 39.8 Å². The summed E-state index contributed by atoms with van der Waals surface area (Å²) in [7, 11) is -3.53. The molecular formula is C21H30N2O4S. The molecule has 0 unspecified atom stereocenters. The Balaban J connectivity index is 1.54. The van der Waals surface area contributed by atoms with E-state index in [-0.39, 0.29) is 0 Å². The number of likely N-dealkylation sites (tertiary alicyclic amines) is 1. The number of aryl methyl sites for hydroxylation is 2. The largest absolute Gasteiger partial charge is 0.493 e. The lowest BCUT2D eigenvalue weighted by Crippen LogP contribution is -2.38. The van der Waals surface area contributed by atoms with E-state index in [2.05, 4.69) is 9.62 Å². The second-order valence-electron chi connectivity index (χ2n) is 7.47. The van der Waals surface area contributed by atoms with Crippen LogP contribution in [-0.4, -0.2) is 39.6 Å². The number of ether oxygens (including phenoxy) is 1. The van der Waals surface area contributed by atoms with Gasteiger partial charge in [-0.05, 0) is 88.0 Å². The Bertz CT molecular complexity index is 847. The molecule has 2 aromatic rings. The third-order valence-corrected chi connectivity index (χ3v) is 6.66. The van der Waals surface area contributed by atoms with Crippen molar-refractivity contribution in [2.45, 2.75) is 45.1 Å². The number of nitrogens with one attached hydrogen (secondary N) is 1. The maximum absolute atomic E-state index is 12.7. The molecule has 1 aliphatic heterocycles. The molecule has 3 rings (SSSR count). The van der Waals surface area contributed by atoms with Gasteiger partial charge in [-0.25, -0.2) is 13.1 Å². The Morgan fingerprint density at radius 3 is 2.46 bits per heavy atom. The van der Waals surface area contributed by atoms with Gasteiger partial charge >= 0.3 is 0 Å². The predicted molar refractivity (Wildman–Crippen MR) is 109 cm³/mol. The molecule has 2 heterocycles. The minimum atomic E-state index is -3.53. The summed E-state index contributed by atoms with van der Waals surface area (Å²) < 4.78 is 39.3. The molecular weight excluding hydrogens is 376 g/mol. The van der Waals surface area contributed by atoms with Crippen molar-refractivity contribution in [3.05, 3.63) is 47.4 Å². The van der Waals surface area contributed by atoms with Crippen LogP contribution in [0.5, 0.6) is 5.75 Å². The molecule has 0 amide bonds. The summed E-state index contributed by atoms with van der Waals surface area (Å²) in [6, 6.07) is 7.26. The van der Waals surface area contributed by atoms with Gasteiger partial charge in [-0.3, -0.25) is 4.90 Å². The highest BCUT2D eigenvalue weighted by atomic mass is 32.2. The third-order valence-electron chi connectivity index (χ3n) is 5.26. The second kappa shape index (κ2) is 9.11. The topological polar surface area (TPSA) is 71.8 Å². The van der Waals surface area contributed by atoms with E-state index in [0.29, 0.717) is 24.0 Å². The SMILES string of the molecule is CCOc1c(C)cc(S(=O)(=O)NCC2CCN(Cc3ccco3)CC2)cc1C. The van der Waals surface area contributed by atoms with Crippen LogP contribution in [0.1, 0.15) is 36.7 Å². The van der Waals surface area contributed by atoms with Gasteiger partial charge in [0.05, 0.1) is 24.3 Å². The van der Waals surface area contributed by atoms with E-state index in [0.717, 1.165) is 55.1 Å². The van der Waals surface area contributed by atoms with Crippen molar-refractivity contribution in [3.8, 4) is 5.75 Å². The highest BCUT2D eigenvalue weighted by Crippen LogP contribution is 2.27. The van der Waals surface area contributed by atoms with Crippen LogP contribution in [0.25, 0.3) is 0 Å². The lowest BCUT2D eigenvalue weighted by molar-refractivity contribution is 0.168. The average molecular weight is 407 g/mol. The van der Waals surface area contributed by atoms with E-state index in [1.54, 1.807) is 18.4 Å². The van der Waals surface area contributed by atoms with Crippen molar-refractivity contribution < 1.29 is 17.6 Å². The van der Waals surface area contributed by atoms with Gasteiger partial charge in [0.2, 0.25) is 10.0 Å². The molecule has 0 bridgehead atoms. The standard InChI is InChI=1S/C21H30N2O4S/c1-4-26-21-16(2)12-20(13-17(21)3)28(24,25)22-14-18-7-9-23(10-8-18)15-19-6-5-11-27-19/h5-6,11-13,18,22H,4,7-10,14-15H2,1-3H3. The minimum Gasteiger partial charge on any atom is -0.493 e. The zero-order chi connectivity index (χ0) is 20.1. The number of hydrogen-bond acceptors (Lipinski definition) is 5. The first-order valence-electron chi connectivity index (χ1n) is 9.87. The van der Waals surface area contributed by atoms with Gasteiger partial charge in [-0.2, -0.15) is 0 Å². The summed E-state index contributed by atoms with van der Waals surface area (Å²) in [6.07, 6.45) is 3.65. The maximum Gasteiger partial charge on any atom is 0.240 e. The molecule has 0 aliphatic carbocycles. The molecule has 1 aliphatic rings. The first kappa shape index (κ1) is 20.9. The molecule has 0 spiro atoms. The Morgan fingerprint density at radius 1 is 1.21 bits per heavy atom. The van der Waals surface area contributed by atoms with E-state index in [1.807, 2.05) is 32.9 Å². The summed E-state index contributed by atoms with van der Waals surface area (Å²) >= 11 is 0. The molecule has 7 heteroatoms. The van der Waals surface area contributed by atoms with E-state index in [9.17, 15) is 8.42 Å². The Hall–Kier alpha value is -1.83. The lowest BCUT2D eigenvalue weighted by Gasteiger charge is -2.31. The van der Waals surface area contributed by atoms with E-state index in [1.165, 1.54) is 0 Å². The number of rotatable bonds is 8. The first-order chi connectivity index (χ1) is 13.4. The summed E-state index contributed by atoms with van der Waals surface area (Å²) in [5, 5.41) is 0. The van der Waals surface area contributed by atoms with Gasteiger partial charge < -0.3 is 9.15 Å². The molecule has 154 valence electrons. The number of sulfonamides is 1. The number of hydrogen-bond donors (Lipinski definition) is 1. The van der Waals surface area contributed by atoms with Crippen molar-refractivity contribution in [1.29, 1.82) is 0 Å². The summed E-state index contributed by atoms with van der Waals surface area (Å²) in [6.45, 7) is 9.44. The molecule has 0 atom stereocenters. The maximum atomic E-state index is 12.7. The summed E-state index contributed by atoms with van der Waals surface area (Å²) in [5.41, 5.74) is 1.68. The summed E-state index contributed by atoms with van der Waals surface area (Å²) in [5.74, 6) is 2.10. The van der Waals surface area contributed by atoms with Crippen molar-refractivity contribution in [2.75, 3.05) is 26.2 Å². The highest BCUT2D eigenvalue weighted by Gasteiger charge is 2.23. The minimum absolute atomic E-state index is 0.307. The first-order valence-corrected chi connectivity index (χ1v) is 11.4.